The Morgan fingerprint density at radius 3 is 2.64 bits per heavy atom. The molecule has 0 saturated heterocycles. The van der Waals surface area contributed by atoms with Gasteiger partial charge in [-0.15, -0.1) is 11.3 Å². The molecule has 1 amide bonds. The lowest BCUT2D eigenvalue weighted by atomic mass is 9.99. The Balaban J connectivity index is 1.35. The van der Waals surface area contributed by atoms with E-state index < -0.39 is 0 Å². The summed E-state index contributed by atoms with van der Waals surface area (Å²) in [7, 11) is 3.25. The molecule has 0 aliphatic carbocycles. The van der Waals surface area contributed by atoms with Crippen LogP contribution in [0.1, 0.15) is 16.1 Å². The molecule has 0 spiro atoms. The van der Waals surface area contributed by atoms with E-state index >= 15 is 0 Å². The third-order valence-electron chi connectivity index (χ3n) is 4.86. The Hall–Kier alpha value is -2.64. The zero-order valence-electron chi connectivity index (χ0n) is 15.9. The van der Waals surface area contributed by atoms with Crippen LogP contribution < -0.4 is 9.47 Å². The van der Waals surface area contributed by atoms with Crippen molar-refractivity contribution in [3.8, 4) is 11.5 Å². The summed E-state index contributed by atoms with van der Waals surface area (Å²) in [6.07, 6.45) is 0.791. The van der Waals surface area contributed by atoms with E-state index in [-0.39, 0.29) is 12.5 Å². The Bertz CT molecular complexity index is 968. The number of amides is 1. The Labute approximate surface area is 167 Å². The fourth-order valence-corrected chi connectivity index (χ4v) is 4.30. The van der Waals surface area contributed by atoms with E-state index in [1.54, 1.807) is 25.6 Å². The second-order valence-electron chi connectivity index (χ2n) is 6.61. The van der Waals surface area contributed by atoms with Gasteiger partial charge < -0.3 is 19.1 Å². The molecule has 0 fully saturated rings. The highest BCUT2D eigenvalue weighted by atomic mass is 32.1. The Morgan fingerprint density at radius 2 is 1.89 bits per heavy atom. The highest BCUT2D eigenvalue weighted by Crippen LogP contribution is 2.33. The first-order chi connectivity index (χ1) is 13.7. The smallest absolute Gasteiger partial charge is 0.248 e. The number of methoxy groups -OCH3 is 2. The van der Waals surface area contributed by atoms with Crippen molar-refractivity contribution >= 4 is 27.5 Å². The SMILES string of the molecule is COc1cc2c(cc1OC)CN(C(=O)COCc1nc3ccccc3s1)CC2. The van der Waals surface area contributed by atoms with Crippen LogP contribution in [0.15, 0.2) is 36.4 Å². The standard InChI is InChI=1S/C21H22N2O4S/c1-25-17-9-14-7-8-23(11-15(14)10-18(17)26-2)21(24)13-27-12-20-22-16-5-3-4-6-19(16)28-20/h3-6,9-10H,7-8,11-13H2,1-2H3. The van der Waals surface area contributed by atoms with Gasteiger partial charge in [-0.3, -0.25) is 4.79 Å². The molecule has 6 nitrogen and oxygen atoms in total. The number of aromatic nitrogens is 1. The number of hydrogen-bond donors (Lipinski definition) is 0. The second kappa shape index (κ2) is 8.16. The Kier molecular flexibility index (Phi) is 5.45. The van der Waals surface area contributed by atoms with Crippen LogP contribution in [0.2, 0.25) is 0 Å². The van der Waals surface area contributed by atoms with Crippen molar-refractivity contribution < 1.29 is 19.0 Å². The van der Waals surface area contributed by atoms with E-state index in [1.807, 2.05) is 41.3 Å². The highest BCUT2D eigenvalue weighted by molar-refractivity contribution is 7.18. The molecule has 0 saturated carbocycles. The summed E-state index contributed by atoms with van der Waals surface area (Å²) in [4.78, 5) is 18.9. The van der Waals surface area contributed by atoms with E-state index in [9.17, 15) is 4.79 Å². The zero-order chi connectivity index (χ0) is 19.5. The lowest BCUT2D eigenvalue weighted by molar-refractivity contribution is -0.137. The summed E-state index contributed by atoms with van der Waals surface area (Å²) in [6.45, 7) is 1.63. The summed E-state index contributed by atoms with van der Waals surface area (Å²) in [5.74, 6) is 1.39. The minimum Gasteiger partial charge on any atom is -0.493 e. The van der Waals surface area contributed by atoms with Gasteiger partial charge in [-0.05, 0) is 41.8 Å². The summed E-state index contributed by atoms with van der Waals surface area (Å²) < 4.78 is 17.5. The van der Waals surface area contributed by atoms with Gasteiger partial charge in [0.1, 0.15) is 11.6 Å². The lowest BCUT2D eigenvalue weighted by Crippen LogP contribution is -2.38. The van der Waals surface area contributed by atoms with Crippen molar-refractivity contribution in [2.45, 2.75) is 19.6 Å². The van der Waals surface area contributed by atoms with Gasteiger partial charge in [-0.2, -0.15) is 0 Å². The van der Waals surface area contributed by atoms with Gasteiger partial charge in [-0.1, -0.05) is 12.1 Å². The van der Waals surface area contributed by atoms with Crippen molar-refractivity contribution in [2.24, 2.45) is 0 Å². The number of carbonyl (C=O) groups is 1. The molecule has 0 bridgehead atoms. The number of thiazole rings is 1. The average Bonchev–Trinajstić information content (AvgIpc) is 3.14. The molecule has 146 valence electrons. The number of benzene rings is 2. The first-order valence-corrected chi connectivity index (χ1v) is 9.93. The van der Waals surface area contributed by atoms with Crippen LogP contribution >= 0.6 is 11.3 Å². The molecule has 0 N–H and O–H groups in total. The van der Waals surface area contributed by atoms with Gasteiger partial charge in [0.15, 0.2) is 11.5 Å². The van der Waals surface area contributed by atoms with Crippen LogP contribution in [0.25, 0.3) is 10.2 Å². The number of carbonyl (C=O) groups excluding carboxylic acids is 1. The topological polar surface area (TPSA) is 60.9 Å². The lowest BCUT2D eigenvalue weighted by Gasteiger charge is -2.29. The summed E-state index contributed by atoms with van der Waals surface area (Å²) >= 11 is 1.60. The van der Waals surface area contributed by atoms with E-state index in [2.05, 4.69) is 4.98 Å². The van der Waals surface area contributed by atoms with E-state index in [0.29, 0.717) is 25.4 Å². The number of hydrogen-bond acceptors (Lipinski definition) is 6. The van der Waals surface area contributed by atoms with Gasteiger partial charge in [0, 0.05) is 13.1 Å². The predicted octanol–water partition coefficient (Wildman–Crippen LogP) is 3.42. The van der Waals surface area contributed by atoms with Crippen LogP contribution in [0.4, 0.5) is 0 Å². The van der Waals surface area contributed by atoms with Crippen LogP contribution in [-0.4, -0.2) is 43.2 Å². The van der Waals surface area contributed by atoms with Crippen LogP contribution in [0.5, 0.6) is 11.5 Å². The van der Waals surface area contributed by atoms with E-state index in [4.69, 9.17) is 14.2 Å². The van der Waals surface area contributed by atoms with Gasteiger partial charge >= 0.3 is 0 Å². The number of para-hydroxylation sites is 1. The number of nitrogens with zero attached hydrogens (tertiary/aromatic N) is 2. The number of fused-ring (bicyclic) bond motifs is 2. The molecule has 2 aromatic carbocycles. The molecule has 0 atom stereocenters. The molecule has 1 aliphatic rings. The second-order valence-corrected chi connectivity index (χ2v) is 7.72. The third kappa shape index (κ3) is 3.81. The first kappa shape index (κ1) is 18.7. The molecule has 3 aromatic rings. The molecule has 0 unspecified atom stereocenters. The molecular weight excluding hydrogens is 376 g/mol. The third-order valence-corrected chi connectivity index (χ3v) is 5.87. The van der Waals surface area contributed by atoms with Crippen LogP contribution in [0, 0.1) is 0 Å². The maximum absolute atomic E-state index is 12.6. The minimum absolute atomic E-state index is 0.0125. The van der Waals surface area contributed by atoms with Gasteiger partial charge in [-0.25, -0.2) is 4.98 Å². The minimum atomic E-state index is -0.0125. The largest absolute Gasteiger partial charge is 0.493 e. The molecular formula is C21H22N2O4S. The summed E-state index contributed by atoms with van der Waals surface area (Å²) in [5.41, 5.74) is 3.25. The van der Waals surface area contributed by atoms with Gasteiger partial charge in [0.2, 0.25) is 5.91 Å². The maximum Gasteiger partial charge on any atom is 0.248 e. The van der Waals surface area contributed by atoms with Crippen LogP contribution in [-0.2, 0) is 29.1 Å². The molecule has 1 aliphatic heterocycles. The van der Waals surface area contributed by atoms with Crippen molar-refractivity contribution in [3.05, 3.63) is 52.5 Å². The quantitative estimate of drug-likeness (QED) is 0.637. The predicted molar refractivity (Wildman–Crippen MR) is 108 cm³/mol. The number of rotatable bonds is 6. The fourth-order valence-electron chi connectivity index (χ4n) is 3.39. The molecule has 28 heavy (non-hydrogen) atoms. The normalized spacial score (nSPS) is 13.4. The van der Waals surface area contributed by atoms with Crippen LogP contribution in [0.3, 0.4) is 0 Å². The molecule has 1 aromatic heterocycles. The maximum atomic E-state index is 12.6. The van der Waals surface area contributed by atoms with E-state index in [1.165, 1.54) is 5.56 Å². The highest BCUT2D eigenvalue weighted by Gasteiger charge is 2.23. The van der Waals surface area contributed by atoms with Crippen molar-refractivity contribution in [1.82, 2.24) is 9.88 Å². The molecule has 4 rings (SSSR count). The molecule has 2 heterocycles. The van der Waals surface area contributed by atoms with Crippen molar-refractivity contribution in [3.63, 3.8) is 0 Å². The fraction of sp³-hybridized carbons (Fsp3) is 0.333. The first-order valence-electron chi connectivity index (χ1n) is 9.11. The monoisotopic (exact) mass is 398 g/mol. The summed E-state index contributed by atoms with van der Waals surface area (Å²) in [5, 5.41) is 0.884. The zero-order valence-corrected chi connectivity index (χ0v) is 16.8. The Morgan fingerprint density at radius 1 is 1.14 bits per heavy atom. The number of ether oxygens (including phenoxy) is 3. The van der Waals surface area contributed by atoms with E-state index in [0.717, 1.165) is 33.0 Å². The van der Waals surface area contributed by atoms with Gasteiger partial charge in [0.05, 0.1) is 31.0 Å². The summed E-state index contributed by atoms with van der Waals surface area (Å²) in [6, 6.07) is 11.9. The van der Waals surface area contributed by atoms with Crippen molar-refractivity contribution in [1.29, 1.82) is 0 Å². The molecule has 7 heteroatoms. The van der Waals surface area contributed by atoms with Gasteiger partial charge in [0.25, 0.3) is 0 Å². The average molecular weight is 398 g/mol. The molecule has 0 radical (unpaired) electrons. The van der Waals surface area contributed by atoms with Crippen molar-refractivity contribution in [2.75, 3.05) is 27.4 Å².